The highest BCUT2D eigenvalue weighted by atomic mass is 32.2. The van der Waals surface area contributed by atoms with E-state index in [-0.39, 0.29) is 16.9 Å². The quantitative estimate of drug-likeness (QED) is 0.542. The molecule has 1 amide bonds. The minimum Gasteiger partial charge on any atom is -0.491 e. The van der Waals surface area contributed by atoms with Crippen LogP contribution in [0.4, 0.5) is 5.69 Å². The summed E-state index contributed by atoms with van der Waals surface area (Å²) < 4.78 is 33.5. The van der Waals surface area contributed by atoms with Crippen LogP contribution in [-0.4, -0.2) is 20.4 Å². The van der Waals surface area contributed by atoms with E-state index in [1.165, 1.54) is 12.1 Å². The Morgan fingerprint density at radius 2 is 1.68 bits per heavy atom. The molecule has 0 aromatic heterocycles. The van der Waals surface area contributed by atoms with Crippen LogP contribution in [0, 0.1) is 6.92 Å². The van der Waals surface area contributed by atoms with Gasteiger partial charge in [-0.3, -0.25) is 9.52 Å². The third-order valence-corrected chi connectivity index (χ3v) is 5.98. The molecule has 0 radical (unpaired) electrons. The highest BCUT2D eigenvalue weighted by molar-refractivity contribution is 7.92. The molecule has 0 heterocycles. The molecule has 2 N–H and O–H groups in total. The summed E-state index contributed by atoms with van der Waals surface area (Å²) in [6, 6.07) is 20.6. The molecule has 0 saturated heterocycles. The normalized spacial score (nSPS) is 11.2. The average molecular weight is 439 g/mol. The maximum absolute atomic E-state index is 12.8. The number of carbonyl (C=O) groups is 1. The third kappa shape index (κ3) is 5.86. The number of anilines is 1. The largest absolute Gasteiger partial charge is 0.491 e. The SMILES string of the molecule is Cc1c(NS(=O)(=O)c2ccccc2)cccc1C(=O)NCc1cccc(OC(C)C)c1. The van der Waals surface area contributed by atoms with Crippen LogP contribution in [0.25, 0.3) is 0 Å². The fourth-order valence-electron chi connectivity index (χ4n) is 3.07. The molecule has 0 fully saturated rings. The molecule has 0 aliphatic rings. The number of hydrogen-bond acceptors (Lipinski definition) is 4. The fourth-order valence-corrected chi connectivity index (χ4v) is 4.22. The summed E-state index contributed by atoms with van der Waals surface area (Å²) >= 11 is 0. The van der Waals surface area contributed by atoms with Crippen molar-refractivity contribution in [1.82, 2.24) is 5.32 Å². The first-order valence-corrected chi connectivity index (χ1v) is 11.5. The maximum atomic E-state index is 12.8. The highest BCUT2D eigenvalue weighted by Crippen LogP contribution is 2.23. The molecule has 0 spiro atoms. The molecule has 0 aliphatic heterocycles. The second kappa shape index (κ2) is 9.66. The van der Waals surface area contributed by atoms with Crippen molar-refractivity contribution in [3.63, 3.8) is 0 Å². The summed E-state index contributed by atoms with van der Waals surface area (Å²) in [5.41, 5.74) is 2.23. The van der Waals surface area contributed by atoms with Gasteiger partial charge in [0.15, 0.2) is 0 Å². The molecule has 3 rings (SSSR count). The Balaban J connectivity index is 1.73. The Morgan fingerprint density at radius 3 is 2.39 bits per heavy atom. The van der Waals surface area contributed by atoms with Gasteiger partial charge in [0.25, 0.3) is 15.9 Å². The Bertz CT molecular complexity index is 1160. The van der Waals surface area contributed by atoms with Crippen molar-refractivity contribution in [3.8, 4) is 5.75 Å². The molecule has 0 unspecified atom stereocenters. The fraction of sp³-hybridized carbons (Fsp3) is 0.208. The van der Waals surface area contributed by atoms with Gasteiger partial charge in [-0.2, -0.15) is 0 Å². The van der Waals surface area contributed by atoms with Crippen molar-refractivity contribution >= 4 is 21.6 Å². The van der Waals surface area contributed by atoms with Gasteiger partial charge in [-0.1, -0.05) is 36.4 Å². The van der Waals surface area contributed by atoms with Crippen molar-refractivity contribution in [2.75, 3.05) is 4.72 Å². The van der Waals surface area contributed by atoms with E-state index in [2.05, 4.69) is 10.0 Å². The molecule has 3 aromatic carbocycles. The zero-order chi connectivity index (χ0) is 22.4. The smallest absolute Gasteiger partial charge is 0.261 e. The third-order valence-electron chi connectivity index (χ3n) is 4.60. The average Bonchev–Trinajstić information content (AvgIpc) is 2.74. The molecule has 7 heteroatoms. The Kier molecular flexibility index (Phi) is 6.97. The van der Waals surface area contributed by atoms with Gasteiger partial charge in [0.05, 0.1) is 16.7 Å². The van der Waals surface area contributed by atoms with Crippen molar-refractivity contribution in [3.05, 3.63) is 89.5 Å². The number of rotatable bonds is 8. The lowest BCUT2D eigenvalue weighted by Crippen LogP contribution is -2.24. The van der Waals surface area contributed by atoms with Crippen molar-refractivity contribution < 1.29 is 17.9 Å². The number of carbonyl (C=O) groups excluding carboxylic acids is 1. The van der Waals surface area contributed by atoms with E-state index >= 15 is 0 Å². The van der Waals surface area contributed by atoms with E-state index < -0.39 is 10.0 Å². The summed E-state index contributed by atoms with van der Waals surface area (Å²) in [7, 11) is -3.74. The maximum Gasteiger partial charge on any atom is 0.261 e. The predicted octanol–water partition coefficient (Wildman–Crippen LogP) is 4.51. The van der Waals surface area contributed by atoms with E-state index in [0.717, 1.165) is 11.3 Å². The van der Waals surface area contributed by atoms with Gasteiger partial charge in [-0.05, 0) is 68.3 Å². The van der Waals surface area contributed by atoms with E-state index in [0.29, 0.717) is 23.4 Å². The van der Waals surface area contributed by atoms with Crippen LogP contribution in [0.2, 0.25) is 0 Å². The first kappa shape index (κ1) is 22.4. The van der Waals surface area contributed by atoms with Gasteiger partial charge in [0.2, 0.25) is 0 Å². The second-order valence-corrected chi connectivity index (χ2v) is 9.08. The lowest BCUT2D eigenvalue weighted by Gasteiger charge is -2.14. The van der Waals surface area contributed by atoms with E-state index in [1.807, 2.05) is 38.1 Å². The van der Waals surface area contributed by atoms with Gasteiger partial charge in [0.1, 0.15) is 5.75 Å². The number of nitrogens with one attached hydrogen (secondary N) is 2. The van der Waals surface area contributed by atoms with Gasteiger partial charge in [-0.25, -0.2) is 8.42 Å². The summed E-state index contributed by atoms with van der Waals surface area (Å²) in [6.45, 7) is 5.95. The van der Waals surface area contributed by atoms with Gasteiger partial charge in [0, 0.05) is 12.1 Å². The summed E-state index contributed by atoms with van der Waals surface area (Å²) in [6.07, 6.45) is 0.0647. The molecular formula is C24H26N2O4S. The van der Waals surface area contributed by atoms with Crippen LogP contribution in [0.5, 0.6) is 5.75 Å². The van der Waals surface area contributed by atoms with E-state index in [9.17, 15) is 13.2 Å². The number of ether oxygens (including phenoxy) is 1. The first-order chi connectivity index (χ1) is 14.8. The number of hydrogen-bond donors (Lipinski definition) is 2. The topological polar surface area (TPSA) is 84.5 Å². The van der Waals surface area contributed by atoms with Crippen molar-refractivity contribution in [2.24, 2.45) is 0 Å². The second-order valence-electron chi connectivity index (χ2n) is 7.39. The Hall–Kier alpha value is -3.32. The zero-order valence-electron chi connectivity index (χ0n) is 17.8. The summed E-state index contributed by atoms with van der Waals surface area (Å²) in [5, 5.41) is 2.89. The predicted molar refractivity (Wildman–Crippen MR) is 122 cm³/mol. The van der Waals surface area contributed by atoms with Gasteiger partial charge in [-0.15, -0.1) is 0 Å². The number of benzene rings is 3. The standard InChI is InChI=1S/C24H26N2O4S/c1-17(2)30-20-10-7-9-19(15-20)16-25-24(27)22-13-8-14-23(18(22)3)26-31(28,29)21-11-5-4-6-12-21/h4-15,17,26H,16H2,1-3H3,(H,25,27). The van der Waals surface area contributed by atoms with Crippen LogP contribution in [0.15, 0.2) is 77.7 Å². The van der Waals surface area contributed by atoms with Crippen LogP contribution >= 0.6 is 0 Å². The van der Waals surface area contributed by atoms with Crippen LogP contribution < -0.4 is 14.8 Å². The van der Waals surface area contributed by atoms with Crippen molar-refractivity contribution in [2.45, 2.75) is 38.3 Å². The monoisotopic (exact) mass is 438 g/mol. The van der Waals surface area contributed by atoms with E-state index in [4.69, 9.17) is 4.74 Å². The van der Waals surface area contributed by atoms with Crippen LogP contribution in [0.1, 0.15) is 35.3 Å². The summed E-state index contributed by atoms with van der Waals surface area (Å²) in [5.74, 6) is 0.462. The van der Waals surface area contributed by atoms with Gasteiger partial charge >= 0.3 is 0 Å². The lowest BCUT2D eigenvalue weighted by molar-refractivity contribution is 0.0950. The molecule has 0 bridgehead atoms. The highest BCUT2D eigenvalue weighted by Gasteiger charge is 2.17. The van der Waals surface area contributed by atoms with E-state index in [1.54, 1.807) is 43.3 Å². The van der Waals surface area contributed by atoms with Crippen molar-refractivity contribution in [1.29, 1.82) is 0 Å². The van der Waals surface area contributed by atoms with Crippen LogP contribution in [0.3, 0.4) is 0 Å². The zero-order valence-corrected chi connectivity index (χ0v) is 18.6. The minimum atomic E-state index is -3.74. The minimum absolute atomic E-state index is 0.0647. The molecule has 0 atom stereocenters. The van der Waals surface area contributed by atoms with Crippen LogP contribution in [-0.2, 0) is 16.6 Å². The molecule has 31 heavy (non-hydrogen) atoms. The molecule has 162 valence electrons. The number of sulfonamides is 1. The lowest BCUT2D eigenvalue weighted by atomic mass is 10.1. The summed E-state index contributed by atoms with van der Waals surface area (Å²) in [4.78, 5) is 12.9. The molecule has 3 aromatic rings. The molecule has 6 nitrogen and oxygen atoms in total. The Morgan fingerprint density at radius 1 is 0.968 bits per heavy atom. The molecular weight excluding hydrogens is 412 g/mol. The Labute approximate surface area is 183 Å². The van der Waals surface area contributed by atoms with Gasteiger partial charge < -0.3 is 10.1 Å². The molecule has 0 saturated carbocycles. The first-order valence-electron chi connectivity index (χ1n) is 9.97. The molecule has 0 aliphatic carbocycles. The number of amides is 1.